The maximum atomic E-state index is 13.4. The van der Waals surface area contributed by atoms with Crippen molar-refractivity contribution in [2.24, 2.45) is 17.8 Å². The molecule has 1 aromatic rings. The van der Waals surface area contributed by atoms with E-state index >= 15 is 0 Å². The number of aryl methyl sites for hydroxylation is 1. The van der Waals surface area contributed by atoms with Crippen molar-refractivity contribution in [2.45, 2.75) is 86.4 Å². The highest BCUT2D eigenvalue weighted by molar-refractivity contribution is 8.00. The summed E-state index contributed by atoms with van der Waals surface area (Å²) in [5, 5.41) is 19.6. The van der Waals surface area contributed by atoms with E-state index < -0.39 is 46.6 Å². The zero-order chi connectivity index (χ0) is 36.6. The van der Waals surface area contributed by atoms with Gasteiger partial charge in [0.1, 0.15) is 0 Å². The SMILES string of the molecule is CCOC(=O)NC(=O)C1CC(CCOC(=O)NC(=O)C2CCSC2NC(=O)c2cccc3c2NCCC3)SC1NC(=O)C1CCC2CNCCC2N1. The van der Waals surface area contributed by atoms with Crippen LogP contribution >= 0.6 is 23.5 Å². The number of anilines is 1. The molecule has 4 fully saturated rings. The molecule has 0 aromatic heterocycles. The van der Waals surface area contributed by atoms with E-state index in [9.17, 15) is 28.8 Å². The van der Waals surface area contributed by atoms with Crippen LogP contribution in [0.4, 0.5) is 15.3 Å². The van der Waals surface area contributed by atoms with E-state index in [0.717, 1.165) is 56.6 Å². The first-order valence-electron chi connectivity index (χ1n) is 18.4. The van der Waals surface area contributed by atoms with Gasteiger partial charge in [-0.05, 0) is 94.7 Å². The Morgan fingerprint density at radius 1 is 0.885 bits per heavy atom. The van der Waals surface area contributed by atoms with Gasteiger partial charge in [0, 0.05) is 17.8 Å². The number of hydrogen-bond acceptors (Lipinski definition) is 13. The van der Waals surface area contributed by atoms with Gasteiger partial charge in [-0.1, -0.05) is 12.1 Å². The number of imide groups is 2. The normalized spacial score (nSPS) is 29.3. The number of carbonyl (C=O) groups excluding carboxylic acids is 6. The Morgan fingerprint density at radius 3 is 2.52 bits per heavy atom. The van der Waals surface area contributed by atoms with Crippen LogP contribution in [0.1, 0.15) is 67.8 Å². The maximum Gasteiger partial charge on any atom is 0.413 e. The molecule has 0 aliphatic carbocycles. The van der Waals surface area contributed by atoms with Crippen LogP contribution in [-0.4, -0.2) is 102 Å². The molecule has 6 rings (SSSR count). The van der Waals surface area contributed by atoms with E-state index in [4.69, 9.17) is 9.47 Å². The van der Waals surface area contributed by atoms with Crippen LogP contribution in [0.2, 0.25) is 0 Å². The van der Waals surface area contributed by atoms with Gasteiger partial charge in [-0.2, -0.15) is 0 Å². The standard InChI is InChI=1S/C35H49N7O8S2/c1-2-49-34(47)42-30(45)24-17-21(52-33(24)40-31(46)26-9-8-20-18-36-14-10-25(20)38-26)11-15-50-35(48)41-29(44)23-12-16-51-32(23)39-28(43)22-7-3-5-19-6-4-13-37-27(19)22/h3,5,7,20-21,23-26,32-33,36-38H,2,4,6,8-18H2,1H3,(H,39,43)(H,40,46)(H,41,44,48)(H,42,45,47). The molecule has 15 nitrogen and oxygen atoms in total. The number of benzene rings is 1. The number of amides is 6. The van der Waals surface area contributed by atoms with Gasteiger partial charge < -0.3 is 36.1 Å². The van der Waals surface area contributed by atoms with Crippen LogP contribution in [0.3, 0.4) is 0 Å². The number of alkyl carbamates (subject to hydrolysis) is 2. The van der Waals surface area contributed by atoms with Gasteiger partial charge in [0.25, 0.3) is 5.91 Å². The minimum absolute atomic E-state index is 0.0311. The van der Waals surface area contributed by atoms with Crippen molar-refractivity contribution in [3.05, 3.63) is 29.3 Å². The van der Waals surface area contributed by atoms with Gasteiger partial charge in [-0.25, -0.2) is 9.59 Å². The summed E-state index contributed by atoms with van der Waals surface area (Å²) in [6.07, 6.45) is 3.91. The predicted octanol–water partition coefficient (Wildman–Crippen LogP) is 2.06. The van der Waals surface area contributed by atoms with Crippen LogP contribution in [0.25, 0.3) is 0 Å². The molecule has 1 aromatic carbocycles. The van der Waals surface area contributed by atoms with Gasteiger partial charge in [0.15, 0.2) is 0 Å². The Morgan fingerprint density at radius 2 is 1.69 bits per heavy atom. The van der Waals surface area contributed by atoms with Crippen LogP contribution < -0.4 is 37.2 Å². The number of hydrogen-bond donors (Lipinski definition) is 7. The van der Waals surface area contributed by atoms with Gasteiger partial charge >= 0.3 is 12.2 Å². The number of ether oxygens (including phenoxy) is 2. The van der Waals surface area contributed by atoms with E-state index in [1.54, 1.807) is 13.0 Å². The second kappa shape index (κ2) is 18.0. The highest BCUT2D eigenvalue weighted by atomic mass is 32.2. The van der Waals surface area contributed by atoms with Crippen molar-refractivity contribution in [3.8, 4) is 0 Å². The van der Waals surface area contributed by atoms with Crippen molar-refractivity contribution in [3.63, 3.8) is 0 Å². The highest BCUT2D eigenvalue weighted by Gasteiger charge is 2.43. The molecule has 4 saturated heterocycles. The third kappa shape index (κ3) is 9.51. The zero-order valence-electron chi connectivity index (χ0n) is 29.3. The molecule has 6 amide bonds. The predicted molar refractivity (Wildman–Crippen MR) is 197 cm³/mol. The summed E-state index contributed by atoms with van der Waals surface area (Å²) in [4.78, 5) is 77.6. The molecule has 8 atom stereocenters. The van der Waals surface area contributed by atoms with Gasteiger partial charge in [-0.15, -0.1) is 23.5 Å². The summed E-state index contributed by atoms with van der Waals surface area (Å²) in [6.45, 7) is 4.34. The fraction of sp³-hybridized carbons (Fsp3) is 0.657. The number of thioether (sulfide) groups is 2. The number of rotatable bonds is 10. The Bertz CT molecular complexity index is 1520. The minimum Gasteiger partial charge on any atom is -0.450 e. The summed E-state index contributed by atoms with van der Waals surface area (Å²) in [6, 6.07) is 5.53. The number of nitrogens with one attached hydrogen (secondary N) is 7. The highest BCUT2D eigenvalue weighted by Crippen LogP contribution is 2.39. The maximum absolute atomic E-state index is 13.4. The average Bonchev–Trinajstić information content (AvgIpc) is 3.78. The third-order valence-corrected chi connectivity index (χ3v) is 13.3. The molecule has 0 radical (unpaired) electrons. The van der Waals surface area contributed by atoms with Crippen LogP contribution in [-0.2, 0) is 30.3 Å². The monoisotopic (exact) mass is 759 g/mol. The van der Waals surface area contributed by atoms with Crippen molar-refractivity contribution < 1.29 is 38.2 Å². The minimum atomic E-state index is -0.891. The molecule has 5 heterocycles. The number of fused-ring (bicyclic) bond motifs is 2. The summed E-state index contributed by atoms with van der Waals surface area (Å²) >= 11 is 2.85. The number of piperidine rings is 2. The lowest BCUT2D eigenvalue weighted by molar-refractivity contribution is -0.127. The molecule has 7 N–H and O–H groups in total. The summed E-state index contributed by atoms with van der Waals surface area (Å²) < 4.78 is 10.3. The van der Waals surface area contributed by atoms with E-state index in [-0.39, 0.29) is 42.4 Å². The molecule has 17 heteroatoms. The smallest absolute Gasteiger partial charge is 0.413 e. The van der Waals surface area contributed by atoms with Crippen LogP contribution in [0.15, 0.2) is 18.2 Å². The Labute approximate surface area is 311 Å². The summed E-state index contributed by atoms with van der Waals surface area (Å²) in [5.41, 5.74) is 2.46. The van der Waals surface area contributed by atoms with Crippen LogP contribution in [0, 0.1) is 17.8 Å². The molecule has 0 spiro atoms. The third-order valence-electron chi connectivity index (χ3n) is 10.4. The van der Waals surface area contributed by atoms with Crippen molar-refractivity contribution >= 4 is 65.0 Å². The van der Waals surface area contributed by atoms with Gasteiger partial charge in [0.2, 0.25) is 17.7 Å². The fourth-order valence-electron chi connectivity index (χ4n) is 7.72. The first-order chi connectivity index (χ1) is 25.2. The Kier molecular flexibility index (Phi) is 13.2. The molecular weight excluding hydrogens is 711 g/mol. The Balaban J connectivity index is 0.979. The quantitative estimate of drug-likeness (QED) is 0.183. The first kappa shape index (κ1) is 38.2. The van der Waals surface area contributed by atoms with E-state index in [1.165, 1.54) is 23.5 Å². The van der Waals surface area contributed by atoms with Gasteiger partial charge in [0.05, 0.1) is 53.1 Å². The van der Waals surface area contributed by atoms with Crippen LogP contribution in [0.5, 0.6) is 0 Å². The lowest BCUT2D eigenvalue weighted by atomic mass is 9.83. The van der Waals surface area contributed by atoms with Crippen molar-refractivity contribution in [1.82, 2.24) is 31.9 Å². The molecule has 0 saturated carbocycles. The lowest BCUT2D eigenvalue weighted by Gasteiger charge is -2.40. The number of para-hydroxylation sites is 1. The van der Waals surface area contributed by atoms with E-state index in [1.807, 2.05) is 12.1 Å². The first-order valence-corrected chi connectivity index (χ1v) is 20.3. The molecule has 52 heavy (non-hydrogen) atoms. The fourth-order valence-corrected chi connectivity index (χ4v) is 10.6. The van der Waals surface area contributed by atoms with E-state index in [2.05, 4.69) is 37.2 Å². The Hall–Kier alpha value is -3.54. The van der Waals surface area contributed by atoms with Crippen molar-refractivity contribution in [1.29, 1.82) is 0 Å². The average molecular weight is 760 g/mol. The second-order valence-corrected chi connectivity index (χ2v) is 16.5. The molecule has 5 aliphatic heterocycles. The molecule has 5 aliphatic rings. The van der Waals surface area contributed by atoms with Crippen molar-refractivity contribution in [2.75, 3.05) is 43.9 Å². The molecule has 0 bridgehead atoms. The number of carbonyl (C=O) groups is 6. The second-order valence-electron chi connectivity index (χ2n) is 13.8. The topological polar surface area (TPSA) is 205 Å². The lowest BCUT2D eigenvalue weighted by Crippen LogP contribution is -2.59. The largest absolute Gasteiger partial charge is 0.450 e. The molecular formula is C35H49N7O8S2. The van der Waals surface area contributed by atoms with E-state index in [0.29, 0.717) is 42.9 Å². The summed E-state index contributed by atoms with van der Waals surface area (Å²) in [7, 11) is 0. The molecule has 8 unspecified atom stereocenters. The summed E-state index contributed by atoms with van der Waals surface area (Å²) in [5.74, 6) is -1.70. The van der Waals surface area contributed by atoms with Gasteiger partial charge in [-0.3, -0.25) is 29.8 Å². The zero-order valence-corrected chi connectivity index (χ0v) is 31.0. The molecule has 284 valence electrons.